The zero-order chi connectivity index (χ0) is 46.6. The lowest BCUT2D eigenvalue weighted by molar-refractivity contribution is -0.127. The molecule has 0 unspecified atom stereocenters. The van der Waals surface area contributed by atoms with Gasteiger partial charge in [-0.25, -0.2) is 9.69 Å². The molecule has 4 aromatic carbocycles. The average Bonchev–Trinajstić information content (AvgIpc) is 4.02. The highest BCUT2D eigenvalue weighted by Crippen LogP contribution is 2.35. The van der Waals surface area contributed by atoms with Crippen molar-refractivity contribution < 1.29 is 29.0 Å². The Morgan fingerprint density at radius 2 is 1.29 bits per heavy atom. The lowest BCUT2D eigenvalue weighted by atomic mass is 9.91. The van der Waals surface area contributed by atoms with Gasteiger partial charge in [-0.05, 0) is 138 Å². The van der Waals surface area contributed by atoms with Crippen molar-refractivity contribution in [1.82, 2.24) is 15.5 Å². The summed E-state index contributed by atoms with van der Waals surface area (Å²) >= 11 is 28.5. The van der Waals surface area contributed by atoms with Crippen molar-refractivity contribution in [1.29, 1.82) is 0 Å². The maximum absolute atomic E-state index is 12.6. The van der Waals surface area contributed by atoms with Crippen LogP contribution in [0.5, 0.6) is 0 Å². The molecule has 11 nitrogen and oxygen atoms in total. The van der Waals surface area contributed by atoms with Crippen LogP contribution in [0.25, 0.3) is 21.1 Å². The van der Waals surface area contributed by atoms with Gasteiger partial charge in [0.25, 0.3) is 0 Å². The summed E-state index contributed by atoms with van der Waals surface area (Å²) in [5.41, 5.74) is 5.15. The monoisotopic (exact) mass is 969 g/mol. The molecule has 17 heteroatoms. The number of hydrogen-bond donors (Lipinski definition) is 3. The van der Waals surface area contributed by atoms with E-state index < -0.39 is 30.0 Å². The van der Waals surface area contributed by atoms with Crippen LogP contribution in [0.2, 0.25) is 20.1 Å². The fourth-order valence-electron chi connectivity index (χ4n) is 6.10. The Bertz CT molecular complexity index is 2370. The smallest absolute Gasteiger partial charge is 0.247 e. The Hall–Kier alpha value is -4.30. The highest BCUT2D eigenvalue weighted by atomic mass is 35.5. The zero-order valence-corrected chi connectivity index (χ0v) is 40.1. The number of rotatable bonds is 12. The highest BCUT2D eigenvalue weighted by Gasteiger charge is 2.27. The molecule has 5 aromatic rings. The minimum absolute atomic E-state index is 0.180. The summed E-state index contributed by atoms with van der Waals surface area (Å²) in [5, 5.41) is 33.1. The minimum Gasteiger partial charge on any atom is -0.420 e. The number of nitrogens with one attached hydrogen (secondary N) is 1. The number of carbonyl (C=O) groups excluding carboxylic acids is 2. The Morgan fingerprint density at radius 3 is 1.73 bits per heavy atom. The molecular weight excluding hydrogens is 923 g/mol. The first-order valence-electron chi connectivity index (χ1n) is 19.7. The molecule has 3 N–H and O–H groups in total. The van der Waals surface area contributed by atoms with Crippen LogP contribution in [0.15, 0.2) is 77.2 Å². The van der Waals surface area contributed by atoms with Crippen LogP contribution < -0.4 is 5.32 Å². The van der Waals surface area contributed by atoms with Crippen molar-refractivity contribution in [2.45, 2.75) is 71.5 Å². The quantitative estimate of drug-likeness (QED) is 0.0632. The second kappa shape index (κ2) is 27.1. The lowest BCUT2D eigenvalue weighted by Crippen LogP contribution is -2.40. The number of ketones is 1. The molecule has 1 aliphatic rings. The molecule has 0 bridgehead atoms. The lowest BCUT2D eigenvalue weighted by Gasteiger charge is -2.21. The molecule has 4 atom stereocenters. The van der Waals surface area contributed by atoms with Crippen molar-refractivity contribution in [2.24, 2.45) is 5.92 Å². The average molecular weight is 972 g/mol. The molecule has 332 valence electrons. The summed E-state index contributed by atoms with van der Waals surface area (Å²) in [6.07, 6.45) is 1.62. The van der Waals surface area contributed by atoms with Gasteiger partial charge in [0.1, 0.15) is 0 Å². The topological polar surface area (TPSA) is 144 Å². The molecule has 1 amide bonds. The van der Waals surface area contributed by atoms with Crippen molar-refractivity contribution in [3.05, 3.63) is 149 Å². The number of aromatic nitrogens is 2. The number of halogens is 4. The van der Waals surface area contributed by atoms with E-state index in [-0.39, 0.29) is 18.7 Å². The Morgan fingerprint density at radius 1 is 0.794 bits per heavy atom. The number of carbonyl (C=O) groups is 2. The Labute approximate surface area is 395 Å². The first-order chi connectivity index (χ1) is 30.1. The maximum Gasteiger partial charge on any atom is 0.247 e. The van der Waals surface area contributed by atoms with Crippen molar-refractivity contribution >= 4 is 88.6 Å². The van der Waals surface area contributed by atoms with Crippen LogP contribution >= 0.6 is 53.8 Å². The molecule has 0 saturated carbocycles. The van der Waals surface area contributed by atoms with E-state index >= 15 is 0 Å². The number of nitrogens with zero attached hydrogens (tertiary/aromatic N) is 4. The van der Waals surface area contributed by atoms with Gasteiger partial charge in [-0.15, -0.1) is 10.2 Å². The van der Waals surface area contributed by atoms with E-state index in [0.29, 0.717) is 60.8 Å². The third-order valence-corrected chi connectivity index (χ3v) is 11.3. The van der Waals surface area contributed by atoms with Gasteiger partial charge < -0.3 is 24.7 Å². The number of aliphatic hydroxyl groups excluding tert-OH is 2. The van der Waals surface area contributed by atoms with Crippen LogP contribution in [0.3, 0.4) is 0 Å². The molecule has 1 saturated heterocycles. The van der Waals surface area contributed by atoms with E-state index in [0.717, 1.165) is 42.8 Å². The molecule has 0 aliphatic carbocycles. The molecule has 6 rings (SSSR count). The van der Waals surface area contributed by atoms with Gasteiger partial charge >= 0.3 is 0 Å². The predicted octanol–water partition coefficient (Wildman–Crippen LogP) is 11.8. The fourth-order valence-corrected chi connectivity index (χ4v) is 6.80. The number of amides is 1. The number of benzene rings is 4. The molecule has 1 fully saturated rings. The normalized spacial score (nSPS) is 13.5. The summed E-state index contributed by atoms with van der Waals surface area (Å²) < 4.78 is 10.8. The molecule has 0 radical (unpaired) electrons. The van der Waals surface area contributed by atoms with E-state index in [1.807, 2.05) is 19.7 Å². The maximum atomic E-state index is 12.6. The van der Waals surface area contributed by atoms with E-state index in [4.69, 9.17) is 68.7 Å². The van der Waals surface area contributed by atoms with Gasteiger partial charge in [-0.3, -0.25) is 9.59 Å². The Balaban J connectivity index is 0.000000285. The van der Waals surface area contributed by atoms with E-state index in [1.165, 1.54) is 19.8 Å². The zero-order valence-electron chi connectivity index (χ0n) is 35.4. The second-order valence-corrected chi connectivity index (χ2v) is 17.4. The van der Waals surface area contributed by atoms with Crippen LogP contribution in [-0.2, 0) is 34.2 Å². The van der Waals surface area contributed by atoms with Gasteiger partial charge in [0.15, 0.2) is 5.78 Å². The van der Waals surface area contributed by atoms with Gasteiger partial charge in [0.05, 0.1) is 53.8 Å². The number of ether oxygens (including phenoxy) is 1. The first-order valence-corrected chi connectivity index (χ1v) is 23.5. The third kappa shape index (κ3) is 16.3. The minimum atomic E-state index is -0.927. The van der Waals surface area contributed by atoms with E-state index in [2.05, 4.69) is 37.0 Å². The standard InChI is InChI=1S/C21H20Cl2N2O3.C20H17Cl2N3O2.C4H8O.CH3PS/c1-12-15(6-9-18(24-3)20(12)23)10-17(13(2)26)21(28)25-11-19(27)14-4-7-16(22)8-5-14;1-11-14(6-9-17(23-3)18(11)22)10-16(12(2)26)20-25-24-19(27-20)13-4-7-15(21)8-5-13;1-2-4-5-3-1;1-2-3/h4-9,13,17,26H,10-11H2,1-2H3,(H,25,28);4-9,12,16,26H,10H2,1-2H3;1-4H2;1H3/t13-,17-;12-,16-;;/m11../s1. The van der Waals surface area contributed by atoms with Gasteiger partial charge in [-0.2, -0.15) is 0 Å². The van der Waals surface area contributed by atoms with Crippen LogP contribution in [0.1, 0.15) is 71.1 Å². The molecule has 2 heterocycles. The number of Topliss-reactive ketones (excluding diaryl/α,β-unsaturated/α-hetero) is 1. The summed E-state index contributed by atoms with van der Waals surface area (Å²) in [4.78, 5) is 31.5. The van der Waals surface area contributed by atoms with Gasteiger partial charge in [-0.1, -0.05) is 82.5 Å². The summed E-state index contributed by atoms with van der Waals surface area (Å²) in [7, 11) is 1.00. The summed E-state index contributed by atoms with van der Waals surface area (Å²) in [5.74, 6) is -1.12. The van der Waals surface area contributed by atoms with Crippen LogP contribution in [0, 0.1) is 32.9 Å². The van der Waals surface area contributed by atoms with Crippen LogP contribution in [-0.4, -0.2) is 70.7 Å². The molecule has 0 spiro atoms. The first kappa shape index (κ1) is 53.0. The van der Waals surface area contributed by atoms with Gasteiger partial charge in [0, 0.05) is 34.4 Å². The third-order valence-electron chi connectivity index (χ3n) is 9.84. The van der Waals surface area contributed by atoms with Gasteiger partial charge in [0.2, 0.25) is 29.1 Å². The largest absolute Gasteiger partial charge is 0.420 e. The molecular formula is C46H48Cl4N5O6PS. The fraction of sp³-hybridized carbons (Fsp3) is 0.348. The van der Waals surface area contributed by atoms with Crippen molar-refractivity contribution in [2.75, 3.05) is 26.4 Å². The van der Waals surface area contributed by atoms with Crippen molar-refractivity contribution in [3.8, 4) is 11.5 Å². The SMILES string of the molecule is C1CCOC1.CP=S.[C-]#[N+]c1ccc(C[C@@H](C(=O)NCC(=O)c2ccc(Cl)cc2)[C@@H](C)O)c(C)c1Cl.[C-]#[N+]c1ccc(C[C@@H](c2nnc(-c3ccc(Cl)cc3)o2)[C@@H](C)O)c(C)c1Cl. The predicted molar refractivity (Wildman–Crippen MR) is 256 cm³/mol. The molecule has 1 aliphatic heterocycles. The van der Waals surface area contributed by atoms with Crippen molar-refractivity contribution in [3.63, 3.8) is 0 Å². The summed E-state index contributed by atoms with van der Waals surface area (Å²) in [6, 6.07) is 20.3. The van der Waals surface area contributed by atoms with E-state index in [9.17, 15) is 19.8 Å². The van der Waals surface area contributed by atoms with E-state index in [1.54, 1.807) is 80.6 Å². The van der Waals surface area contributed by atoms with Crippen LogP contribution in [0.4, 0.5) is 11.4 Å². The second-order valence-electron chi connectivity index (χ2n) is 14.3. The summed E-state index contributed by atoms with van der Waals surface area (Å²) in [6.45, 7) is 24.8. The number of hydrogen-bond acceptors (Lipinski definition) is 9. The molecule has 63 heavy (non-hydrogen) atoms. The number of aliphatic hydroxyl groups is 2. The Kier molecular flexibility index (Phi) is 22.8. The highest BCUT2D eigenvalue weighted by molar-refractivity contribution is 7.96. The molecule has 1 aromatic heterocycles.